The molecule has 2 heterocycles. The van der Waals surface area contributed by atoms with E-state index in [1.165, 1.54) is 18.0 Å². The molecule has 1 aromatic carbocycles. The van der Waals surface area contributed by atoms with Gasteiger partial charge in [-0.3, -0.25) is 9.69 Å². The Bertz CT molecular complexity index is 765. The lowest BCUT2D eigenvalue weighted by Gasteiger charge is -2.26. The van der Waals surface area contributed by atoms with Crippen LogP contribution in [0.15, 0.2) is 42.7 Å². The first-order chi connectivity index (χ1) is 12.5. The molecule has 2 fully saturated rings. The molecule has 2 aromatic rings. The fourth-order valence-corrected chi connectivity index (χ4v) is 4.56. The van der Waals surface area contributed by atoms with Crippen LogP contribution in [0, 0.1) is 11.8 Å². The van der Waals surface area contributed by atoms with Crippen molar-refractivity contribution in [3.05, 3.63) is 54.0 Å². The van der Waals surface area contributed by atoms with Gasteiger partial charge >= 0.3 is 0 Å². The third-order valence-electron chi connectivity index (χ3n) is 5.60. The normalized spacial score (nSPS) is 28.2. The molecule has 0 bridgehead atoms. The molecule has 0 unspecified atom stereocenters. The zero-order valence-electron chi connectivity index (χ0n) is 14.6. The molecular weight excluding hydrogens is 330 g/mol. The van der Waals surface area contributed by atoms with E-state index in [0.29, 0.717) is 24.8 Å². The average molecular weight is 353 g/mol. The smallest absolute Gasteiger partial charge is 0.229 e. The average Bonchev–Trinajstić information content (AvgIpc) is 3.10. The van der Waals surface area contributed by atoms with Crippen LogP contribution in [0.4, 0.5) is 0 Å². The zero-order valence-corrected chi connectivity index (χ0v) is 14.6. The third-order valence-corrected chi connectivity index (χ3v) is 5.60. The van der Waals surface area contributed by atoms with Crippen LogP contribution in [0.5, 0.6) is 5.88 Å². The maximum Gasteiger partial charge on any atom is 0.229 e. The number of hydrogen-bond donors (Lipinski definition) is 2. The summed E-state index contributed by atoms with van der Waals surface area (Å²) >= 11 is 0. The van der Waals surface area contributed by atoms with Gasteiger partial charge in [-0.25, -0.2) is 9.97 Å². The molecular formula is C20H23N3O3. The number of hydrogen-bond acceptors (Lipinski definition) is 6. The van der Waals surface area contributed by atoms with E-state index in [2.05, 4.69) is 27.0 Å². The Hall–Kier alpha value is -2.31. The molecule has 2 aliphatic rings. The van der Waals surface area contributed by atoms with Crippen molar-refractivity contribution < 1.29 is 15.0 Å². The van der Waals surface area contributed by atoms with Crippen LogP contribution in [-0.4, -0.2) is 56.1 Å². The summed E-state index contributed by atoms with van der Waals surface area (Å²) in [7, 11) is 0. The Balaban J connectivity index is 1.33. The fourth-order valence-electron chi connectivity index (χ4n) is 4.56. The van der Waals surface area contributed by atoms with Crippen LogP contribution in [-0.2, 0) is 6.42 Å². The van der Waals surface area contributed by atoms with E-state index in [4.69, 9.17) is 5.11 Å². The van der Waals surface area contributed by atoms with Gasteiger partial charge in [-0.2, -0.15) is 0 Å². The molecule has 1 saturated heterocycles. The highest BCUT2D eigenvalue weighted by atomic mass is 16.3. The largest absolute Gasteiger partial charge is 0.492 e. The fraction of sp³-hybridized carbons (Fsp3) is 0.450. The topological polar surface area (TPSA) is 86.6 Å². The number of benzene rings is 1. The lowest BCUT2D eigenvalue weighted by atomic mass is 9.91. The van der Waals surface area contributed by atoms with Crippen molar-refractivity contribution in [2.75, 3.05) is 19.6 Å². The number of aliphatic hydroxyl groups is 1. The number of likely N-dealkylation sites (tertiary alicyclic amines) is 1. The second-order valence-corrected chi connectivity index (χ2v) is 7.69. The van der Waals surface area contributed by atoms with E-state index in [1.54, 1.807) is 0 Å². The van der Waals surface area contributed by atoms with Crippen molar-refractivity contribution in [2.45, 2.75) is 24.9 Å². The highest BCUT2D eigenvalue weighted by molar-refractivity contribution is 5.95. The minimum atomic E-state index is -0.630. The van der Waals surface area contributed by atoms with Gasteiger partial charge in [-0.1, -0.05) is 30.3 Å². The molecule has 136 valence electrons. The lowest BCUT2D eigenvalue weighted by molar-refractivity contribution is 0.0355. The second-order valence-electron chi connectivity index (χ2n) is 7.69. The van der Waals surface area contributed by atoms with Crippen molar-refractivity contribution in [3.8, 4) is 5.88 Å². The standard InChI is InChI=1S/C20H23N3O3/c24-18(17-9-22-19(25)10-21-17)13-23-11-15-7-20(26,8-16(15)12-23)6-14-4-2-1-3-5-14/h1-5,9-10,15-16,26H,6-8,11-13H2,(H,22,25)/t15-,16+,20+. The summed E-state index contributed by atoms with van der Waals surface area (Å²) in [5.41, 5.74) is 0.822. The summed E-state index contributed by atoms with van der Waals surface area (Å²) in [6, 6.07) is 10.1. The van der Waals surface area contributed by atoms with Crippen LogP contribution in [0.25, 0.3) is 0 Å². The van der Waals surface area contributed by atoms with E-state index in [-0.39, 0.29) is 17.4 Å². The summed E-state index contributed by atoms with van der Waals surface area (Å²) in [5, 5.41) is 20.2. The summed E-state index contributed by atoms with van der Waals surface area (Å²) in [6.07, 6.45) is 4.78. The lowest BCUT2D eigenvalue weighted by Crippen LogP contribution is -2.34. The minimum Gasteiger partial charge on any atom is -0.492 e. The first-order valence-corrected chi connectivity index (χ1v) is 9.04. The molecule has 3 atom stereocenters. The Morgan fingerprint density at radius 2 is 1.81 bits per heavy atom. The molecule has 2 N–H and O–H groups in total. The maximum absolute atomic E-state index is 12.3. The molecule has 1 aromatic heterocycles. The van der Waals surface area contributed by atoms with Gasteiger partial charge in [0.25, 0.3) is 0 Å². The quantitative estimate of drug-likeness (QED) is 0.796. The number of Topliss-reactive ketones (excluding diaryl/α,β-unsaturated/α-hetero) is 1. The predicted molar refractivity (Wildman–Crippen MR) is 95.8 cm³/mol. The molecule has 0 spiro atoms. The molecule has 1 aliphatic carbocycles. The Kier molecular flexibility index (Phi) is 4.46. The number of fused-ring (bicyclic) bond motifs is 1. The number of carbonyl (C=O) groups excluding carboxylic acids is 1. The van der Waals surface area contributed by atoms with Crippen LogP contribution < -0.4 is 0 Å². The van der Waals surface area contributed by atoms with Crippen LogP contribution in [0.1, 0.15) is 28.9 Å². The summed E-state index contributed by atoms with van der Waals surface area (Å²) in [5.74, 6) is 0.594. The van der Waals surface area contributed by atoms with Crippen molar-refractivity contribution in [3.63, 3.8) is 0 Å². The Labute approximate surface area is 152 Å². The van der Waals surface area contributed by atoms with E-state index in [1.807, 2.05) is 18.2 Å². The number of aromatic nitrogens is 2. The number of rotatable bonds is 5. The second kappa shape index (κ2) is 6.78. The zero-order chi connectivity index (χ0) is 18.1. The van der Waals surface area contributed by atoms with Gasteiger partial charge in [0.05, 0.1) is 24.5 Å². The molecule has 0 amide bonds. The number of aromatic hydroxyl groups is 1. The minimum absolute atomic E-state index is 0.0861. The SMILES string of the molecule is O=C(CN1C[C@@H]2C[C@](O)(Cc3ccccc3)C[C@@H]2C1)c1cnc(O)cn1. The molecule has 4 rings (SSSR count). The highest BCUT2D eigenvalue weighted by Crippen LogP contribution is 2.45. The molecule has 6 nitrogen and oxygen atoms in total. The van der Waals surface area contributed by atoms with E-state index >= 15 is 0 Å². The van der Waals surface area contributed by atoms with Crippen LogP contribution >= 0.6 is 0 Å². The number of carbonyl (C=O) groups is 1. The first-order valence-electron chi connectivity index (χ1n) is 9.04. The van der Waals surface area contributed by atoms with E-state index < -0.39 is 5.60 Å². The Morgan fingerprint density at radius 3 is 2.42 bits per heavy atom. The molecule has 26 heavy (non-hydrogen) atoms. The molecule has 1 saturated carbocycles. The van der Waals surface area contributed by atoms with E-state index in [0.717, 1.165) is 25.9 Å². The van der Waals surface area contributed by atoms with Gasteiger partial charge in [-0.05, 0) is 30.2 Å². The van der Waals surface area contributed by atoms with Crippen molar-refractivity contribution >= 4 is 5.78 Å². The van der Waals surface area contributed by atoms with Gasteiger partial charge < -0.3 is 10.2 Å². The maximum atomic E-state index is 12.3. The Morgan fingerprint density at radius 1 is 1.12 bits per heavy atom. The highest BCUT2D eigenvalue weighted by Gasteiger charge is 2.48. The van der Waals surface area contributed by atoms with E-state index in [9.17, 15) is 9.90 Å². The van der Waals surface area contributed by atoms with Gasteiger partial charge in [0.1, 0.15) is 5.69 Å². The van der Waals surface area contributed by atoms with Crippen LogP contribution in [0.3, 0.4) is 0 Å². The van der Waals surface area contributed by atoms with Crippen molar-refractivity contribution in [1.29, 1.82) is 0 Å². The summed E-state index contributed by atoms with van der Waals surface area (Å²) < 4.78 is 0. The monoisotopic (exact) mass is 353 g/mol. The first kappa shape index (κ1) is 17.1. The summed E-state index contributed by atoms with van der Waals surface area (Å²) in [4.78, 5) is 22.1. The third kappa shape index (κ3) is 3.61. The van der Waals surface area contributed by atoms with Crippen molar-refractivity contribution in [2.24, 2.45) is 11.8 Å². The predicted octanol–water partition coefficient (Wildman–Crippen LogP) is 1.68. The van der Waals surface area contributed by atoms with Crippen LogP contribution in [0.2, 0.25) is 0 Å². The van der Waals surface area contributed by atoms with Gasteiger partial charge in [0.2, 0.25) is 5.88 Å². The number of ketones is 1. The van der Waals surface area contributed by atoms with Crippen molar-refractivity contribution in [1.82, 2.24) is 14.9 Å². The van der Waals surface area contributed by atoms with Gasteiger partial charge in [0, 0.05) is 19.5 Å². The molecule has 0 radical (unpaired) electrons. The number of nitrogens with zero attached hydrogens (tertiary/aromatic N) is 3. The van der Waals surface area contributed by atoms with Gasteiger partial charge in [0.15, 0.2) is 5.78 Å². The molecule has 1 aliphatic heterocycles. The van der Waals surface area contributed by atoms with Gasteiger partial charge in [-0.15, -0.1) is 0 Å². The molecule has 6 heteroatoms. The summed E-state index contributed by atoms with van der Waals surface area (Å²) in [6.45, 7) is 1.97.